The molecule has 0 unspecified atom stereocenters. The molecule has 0 spiro atoms. The van der Waals surface area contributed by atoms with Crippen molar-refractivity contribution in [3.8, 4) is 17.8 Å². The zero-order valence-electron chi connectivity index (χ0n) is 13.4. The van der Waals surface area contributed by atoms with Gasteiger partial charge >= 0.3 is 0 Å². The van der Waals surface area contributed by atoms with E-state index in [9.17, 15) is 4.39 Å². The third-order valence-corrected chi connectivity index (χ3v) is 4.17. The molecule has 3 aromatic rings. The number of hydrogen-bond donors (Lipinski definition) is 0. The van der Waals surface area contributed by atoms with Crippen LogP contribution >= 0.6 is 0 Å². The van der Waals surface area contributed by atoms with Gasteiger partial charge in [0, 0.05) is 18.3 Å². The normalized spacial score (nSPS) is 13.4. The highest BCUT2D eigenvalue weighted by Crippen LogP contribution is 2.41. The molecule has 6 heteroatoms. The van der Waals surface area contributed by atoms with Gasteiger partial charge < -0.3 is 4.74 Å². The number of aromatic nitrogens is 3. The molecule has 1 fully saturated rings. The molecule has 1 aliphatic rings. The zero-order chi connectivity index (χ0) is 17.2. The van der Waals surface area contributed by atoms with Gasteiger partial charge in [0.05, 0.1) is 17.8 Å². The summed E-state index contributed by atoms with van der Waals surface area (Å²) in [6.45, 7) is 0.228. The van der Waals surface area contributed by atoms with Crippen LogP contribution in [0.25, 0.3) is 5.82 Å². The number of nitriles is 1. The van der Waals surface area contributed by atoms with E-state index in [4.69, 9.17) is 10.00 Å². The van der Waals surface area contributed by atoms with Gasteiger partial charge in [0.15, 0.2) is 5.82 Å². The van der Waals surface area contributed by atoms with Crippen molar-refractivity contribution >= 4 is 0 Å². The minimum atomic E-state index is -0.166. The summed E-state index contributed by atoms with van der Waals surface area (Å²) in [4.78, 5) is 4.21. The SMILES string of the molecule is N#Cc1ccnc(-n2nccc2OCc2ccc(C3CC3)c(F)c2)c1. The van der Waals surface area contributed by atoms with E-state index in [-0.39, 0.29) is 12.4 Å². The maximum atomic E-state index is 14.1. The van der Waals surface area contributed by atoms with Crippen LogP contribution in [0, 0.1) is 17.1 Å². The van der Waals surface area contributed by atoms with Gasteiger partial charge in [0.25, 0.3) is 0 Å². The lowest BCUT2D eigenvalue weighted by atomic mass is 10.1. The molecule has 25 heavy (non-hydrogen) atoms. The van der Waals surface area contributed by atoms with E-state index in [1.807, 2.05) is 12.1 Å². The molecule has 0 aliphatic heterocycles. The largest absolute Gasteiger partial charge is 0.473 e. The Morgan fingerprint density at radius 1 is 1.20 bits per heavy atom. The predicted octanol–water partition coefficient (Wildman–Crippen LogP) is 3.73. The van der Waals surface area contributed by atoms with Crippen LogP contribution in [0.15, 0.2) is 48.8 Å². The second-order valence-corrected chi connectivity index (χ2v) is 6.01. The first-order valence-electron chi connectivity index (χ1n) is 8.06. The standard InChI is InChI=1S/C19H15FN4O/c20-17-9-14(1-4-16(17)15-2-3-15)12-25-19-6-8-23-24(19)18-10-13(11-21)5-7-22-18/h1,4-10,15H,2-3,12H2. The third-order valence-electron chi connectivity index (χ3n) is 4.17. The number of hydrogen-bond acceptors (Lipinski definition) is 4. The summed E-state index contributed by atoms with van der Waals surface area (Å²) >= 11 is 0. The Morgan fingerprint density at radius 2 is 2.08 bits per heavy atom. The summed E-state index contributed by atoms with van der Waals surface area (Å²) in [6.07, 6.45) is 5.28. The Morgan fingerprint density at radius 3 is 2.84 bits per heavy atom. The Kier molecular flexibility index (Phi) is 3.90. The Balaban J connectivity index is 1.51. The van der Waals surface area contributed by atoms with Crippen molar-refractivity contribution in [2.24, 2.45) is 0 Å². The zero-order valence-corrected chi connectivity index (χ0v) is 13.4. The molecule has 1 aliphatic carbocycles. The summed E-state index contributed by atoms with van der Waals surface area (Å²) < 4.78 is 21.4. The number of halogens is 1. The van der Waals surface area contributed by atoms with E-state index in [0.717, 1.165) is 24.0 Å². The highest BCUT2D eigenvalue weighted by atomic mass is 19.1. The molecular formula is C19H15FN4O. The second kappa shape index (κ2) is 6.36. The molecule has 124 valence electrons. The molecule has 1 aromatic carbocycles. The lowest BCUT2D eigenvalue weighted by molar-refractivity contribution is 0.283. The average molecular weight is 334 g/mol. The fraction of sp³-hybridized carbons (Fsp3) is 0.211. The van der Waals surface area contributed by atoms with E-state index in [1.54, 1.807) is 30.6 Å². The molecule has 2 heterocycles. The van der Waals surface area contributed by atoms with Crippen LogP contribution < -0.4 is 4.74 Å². The molecule has 4 rings (SSSR count). The quantitative estimate of drug-likeness (QED) is 0.713. The lowest BCUT2D eigenvalue weighted by Crippen LogP contribution is -2.05. The summed E-state index contributed by atoms with van der Waals surface area (Å²) in [5, 5.41) is 13.2. The lowest BCUT2D eigenvalue weighted by Gasteiger charge is -2.10. The van der Waals surface area contributed by atoms with Gasteiger partial charge in [-0.25, -0.2) is 9.37 Å². The number of benzene rings is 1. The number of rotatable bonds is 5. The number of pyridine rings is 1. The van der Waals surface area contributed by atoms with Crippen LogP contribution in [0.4, 0.5) is 4.39 Å². The Labute approximate surface area is 144 Å². The molecule has 0 atom stereocenters. The molecular weight excluding hydrogens is 319 g/mol. The van der Waals surface area contributed by atoms with Gasteiger partial charge in [-0.05, 0) is 42.0 Å². The highest BCUT2D eigenvalue weighted by molar-refractivity contribution is 5.37. The maximum absolute atomic E-state index is 14.1. The fourth-order valence-corrected chi connectivity index (χ4v) is 2.72. The van der Waals surface area contributed by atoms with Crippen LogP contribution in [-0.4, -0.2) is 14.8 Å². The molecule has 0 N–H and O–H groups in total. The van der Waals surface area contributed by atoms with E-state index < -0.39 is 0 Å². The smallest absolute Gasteiger partial charge is 0.218 e. The van der Waals surface area contributed by atoms with E-state index in [0.29, 0.717) is 23.2 Å². The molecule has 0 radical (unpaired) electrons. The molecule has 0 bridgehead atoms. The summed E-state index contributed by atoms with van der Waals surface area (Å²) in [6, 6.07) is 12.3. The van der Waals surface area contributed by atoms with Crippen LogP contribution in [0.5, 0.6) is 5.88 Å². The van der Waals surface area contributed by atoms with Crippen LogP contribution in [0.2, 0.25) is 0 Å². The summed E-state index contributed by atoms with van der Waals surface area (Å²) in [5.41, 5.74) is 2.05. The number of nitrogens with zero attached hydrogens (tertiary/aromatic N) is 4. The van der Waals surface area contributed by atoms with Gasteiger partial charge in [0.1, 0.15) is 12.4 Å². The third kappa shape index (κ3) is 3.22. The molecule has 5 nitrogen and oxygen atoms in total. The van der Waals surface area contributed by atoms with Crippen LogP contribution in [0.1, 0.15) is 35.4 Å². The topological polar surface area (TPSA) is 63.7 Å². The van der Waals surface area contributed by atoms with Crippen LogP contribution in [0.3, 0.4) is 0 Å². The van der Waals surface area contributed by atoms with Crippen molar-refractivity contribution in [1.82, 2.24) is 14.8 Å². The summed E-state index contributed by atoms with van der Waals surface area (Å²) in [5.74, 6) is 1.19. The van der Waals surface area contributed by atoms with E-state index in [1.165, 1.54) is 10.7 Å². The Bertz CT molecular complexity index is 956. The van der Waals surface area contributed by atoms with E-state index >= 15 is 0 Å². The minimum Gasteiger partial charge on any atom is -0.473 e. The fourth-order valence-electron chi connectivity index (χ4n) is 2.72. The van der Waals surface area contributed by atoms with Crippen LogP contribution in [-0.2, 0) is 6.61 Å². The maximum Gasteiger partial charge on any atom is 0.218 e. The van der Waals surface area contributed by atoms with Gasteiger partial charge in [-0.15, -0.1) is 0 Å². The van der Waals surface area contributed by atoms with Crippen molar-refractivity contribution in [2.75, 3.05) is 0 Å². The molecule has 1 saturated carbocycles. The molecule has 0 amide bonds. The summed E-state index contributed by atoms with van der Waals surface area (Å²) in [7, 11) is 0. The van der Waals surface area contributed by atoms with Crippen molar-refractivity contribution < 1.29 is 9.13 Å². The van der Waals surface area contributed by atoms with Crippen molar-refractivity contribution in [3.63, 3.8) is 0 Å². The highest BCUT2D eigenvalue weighted by Gasteiger charge is 2.26. The minimum absolute atomic E-state index is 0.166. The Hall–Kier alpha value is -3.20. The number of ether oxygens (including phenoxy) is 1. The van der Waals surface area contributed by atoms with Gasteiger partial charge in [-0.2, -0.15) is 15.0 Å². The first kappa shape index (κ1) is 15.3. The van der Waals surface area contributed by atoms with Crippen molar-refractivity contribution in [3.05, 3.63) is 71.3 Å². The first-order chi connectivity index (χ1) is 12.2. The van der Waals surface area contributed by atoms with E-state index in [2.05, 4.69) is 16.2 Å². The monoisotopic (exact) mass is 334 g/mol. The predicted molar refractivity (Wildman–Crippen MR) is 88.8 cm³/mol. The van der Waals surface area contributed by atoms with Gasteiger partial charge in [-0.3, -0.25) is 0 Å². The average Bonchev–Trinajstić information content (AvgIpc) is 3.37. The second-order valence-electron chi connectivity index (χ2n) is 6.01. The van der Waals surface area contributed by atoms with Gasteiger partial charge in [0.2, 0.25) is 5.88 Å². The first-order valence-corrected chi connectivity index (χ1v) is 8.06. The molecule has 2 aromatic heterocycles. The van der Waals surface area contributed by atoms with Crippen molar-refractivity contribution in [2.45, 2.75) is 25.4 Å². The van der Waals surface area contributed by atoms with Crippen molar-refractivity contribution in [1.29, 1.82) is 5.26 Å². The van der Waals surface area contributed by atoms with Gasteiger partial charge in [-0.1, -0.05) is 12.1 Å². The molecule has 0 saturated heterocycles.